The number of aryl methyl sites for hydroxylation is 1. The Kier molecular flexibility index (Phi) is 8.23. The number of thioether (sulfide) groups is 1. The van der Waals surface area contributed by atoms with Crippen LogP contribution in [-0.2, 0) is 23.1 Å². The fourth-order valence-electron chi connectivity index (χ4n) is 3.74. The monoisotopic (exact) mass is 482 g/mol. The summed E-state index contributed by atoms with van der Waals surface area (Å²) in [5.41, 5.74) is 3.49. The van der Waals surface area contributed by atoms with Crippen LogP contribution in [0.5, 0.6) is 0 Å². The van der Waals surface area contributed by atoms with Crippen LogP contribution in [0.4, 0.5) is 10.5 Å². The van der Waals surface area contributed by atoms with E-state index < -0.39 is 6.29 Å². The summed E-state index contributed by atoms with van der Waals surface area (Å²) in [6, 6.07) is 15.1. The van der Waals surface area contributed by atoms with Gasteiger partial charge in [-0.3, -0.25) is 0 Å². The van der Waals surface area contributed by atoms with E-state index in [1.165, 1.54) is 0 Å². The van der Waals surface area contributed by atoms with Crippen molar-refractivity contribution in [2.75, 3.05) is 17.6 Å². The normalized spacial score (nSPS) is 20.1. The van der Waals surface area contributed by atoms with Crippen LogP contribution in [0.2, 0.25) is 0 Å². The minimum atomic E-state index is -0.540. The largest absolute Gasteiger partial charge is 0.392 e. The molecule has 8 nitrogen and oxygen atoms in total. The highest BCUT2D eigenvalue weighted by Gasteiger charge is 2.32. The average molecular weight is 483 g/mol. The highest BCUT2D eigenvalue weighted by Crippen LogP contribution is 2.39. The van der Waals surface area contributed by atoms with Gasteiger partial charge in [-0.25, -0.2) is 9.78 Å². The molecule has 0 aliphatic carbocycles. The molecule has 0 bridgehead atoms. The number of benzene rings is 2. The van der Waals surface area contributed by atoms with Crippen LogP contribution >= 0.6 is 11.8 Å². The first kappa shape index (κ1) is 24.3. The molecule has 3 unspecified atom stereocenters. The van der Waals surface area contributed by atoms with Crippen molar-refractivity contribution in [3.05, 3.63) is 77.6 Å². The first-order chi connectivity index (χ1) is 16.6. The van der Waals surface area contributed by atoms with Crippen LogP contribution in [0, 0.1) is 0 Å². The summed E-state index contributed by atoms with van der Waals surface area (Å²) in [4.78, 5) is 16.2. The standard InChI is InChI=1S/C25H30N4O4S/c1-3-26-24(31)28-20-10-8-19(9-11-20)23-32-21(16-34-25-27-12-13-29(25)2)14-22(33-23)18-6-4-17(15-30)5-7-18/h4-13,21-23,30H,3,14-16H2,1-2H3,(H2,26,28,31). The zero-order valence-corrected chi connectivity index (χ0v) is 20.1. The highest BCUT2D eigenvalue weighted by atomic mass is 32.2. The first-order valence-electron chi connectivity index (χ1n) is 11.3. The van der Waals surface area contributed by atoms with Gasteiger partial charge in [-0.05, 0) is 30.2 Å². The Morgan fingerprint density at radius 3 is 2.53 bits per heavy atom. The second-order valence-corrected chi connectivity index (χ2v) is 9.08. The summed E-state index contributed by atoms with van der Waals surface area (Å²) in [7, 11) is 1.98. The van der Waals surface area contributed by atoms with E-state index in [0.29, 0.717) is 18.7 Å². The molecule has 0 radical (unpaired) electrons. The Morgan fingerprint density at radius 1 is 1.15 bits per heavy atom. The molecule has 4 rings (SSSR count). The van der Waals surface area contributed by atoms with Crippen molar-refractivity contribution in [2.45, 2.75) is 43.6 Å². The summed E-state index contributed by atoms with van der Waals surface area (Å²) >= 11 is 1.66. The molecule has 1 aromatic heterocycles. The molecular weight excluding hydrogens is 452 g/mol. The Labute approximate surface area is 203 Å². The molecule has 1 fully saturated rings. The topological polar surface area (TPSA) is 97.6 Å². The van der Waals surface area contributed by atoms with E-state index in [9.17, 15) is 9.90 Å². The number of hydrogen-bond acceptors (Lipinski definition) is 6. The SMILES string of the molecule is CCNC(=O)Nc1ccc(C2OC(CSc3nccn3C)CC(c3ccc(CO)cc3)O2)cc1. The van der Waals surface area contributed by atoms with Crippen LogP contribution in [0.15, 0.2) is 66.1 Å². The summed E-state index contributed by atoms with van der Waals surface area (Å²) in [6.45, 7) is 2.44. The molecule has 3 N–H and O–H groups in total. The summed E-state index contributed by atoms with van der Waals surface area (Å²) in [6.07, 6.45) is 3.70. The molecule has 0 saturated carbocycles. The molecule has 9 heteroatoms. The van der Waals surface area contributed by atoms with Gasteiger partial charge in [-0.15, -0.1) is 0 Å². The maximum absolute atomic E-state index is 11.8. The molecule has 1 saturated heterocycles. The fraction of sp³-hybridized carbons (Fsp3) is 0.360. The second-order valence-electron chi connectivity index (χ2n) is 8.09. The van der Waals surface area contributed by atoms with E-state index in [2.05, 4.69) is 15.6 Å². The number of hydrogen-bond donors (Lipinski definition) is 3. The number of nitrogens with one attached hydrogen (secondary N) is 2. The third-order valence-electron chi connectivity index (χ3n) is 5.57. The number of aliphatic hydroxyl groups excluding tert-OH is 1. The van der Waals surface area contributed by atoms with Gasteiger partial charge in [0.2, 0.25) is 0 Å². The number of aliphatic hydroxyl groups is 1. The van der Waals surface area contributed by atoms with Crippen LogP contribution < -0.4 is 10.6 Å². The molecular formula is C25H30N4O4S. The van der Waals surface area contributed by atoms with Gasteiger partial charge in [0.1, 0.15) is 0 Å². The second kappa shape index (κ2) is 11.5. The van der Waals surface area contributed by atoms with Crippen LogP contribution in [0.3, 0.4) is 0 Å². The molecule has 3 aromatic rings. The predicted molar refractivity (Wildman–Crippen MR) is 131 cm³/mol. The molecule has 180 valence electrons. The van der Waals surface area contributed by atoms with E-state index in [1.54, 1.807) is 18.0 Å². The van der Waals surface area contributed by atoms with E-state index in [0.717, 1.165) is 27.6 Å². The molecule has 0 spiro atoms. The number of ether oxygens (including phenoxy) is 2. The van der Waals surface area contributed by atoms with Crippen molar-refractivity contribution in [2.24, 2.45) is 7.05 Å². The lowest BCUT2D eigenvalue weighted by molar-refractivity contribution is -0.245. The number of carbonyl (C=O) groups is 1. The predicted octanol–water partition coefficient (Wildman–Crippen LogP) is 4.39. The van der Waals surface area contributed by atoms with Gasteiger partial charge in [0, 0.05) is 49.4 Å². The number of urea groups is 1. The Balaban J connectivity index is 1.50. The van der Waals surface area contributed by atoms with Crippen molar-refractivity contribution >= 4 is 23.5 Å². The number of carbonyl (C=O) groups excluding carboxylic acids is 1. The zero-order valence-electron chi connectivity index (χ0n) is 19.3. The van der Waals surface area contributed by atoms with Crippen molar-refractivity contribution < 1.29 is 19.4 Å². The molecule has 1 aliphatic rings. The molecule has 3 atom stereocenters. The van der Waals surface area contributed by atoms with Crippen molar-refractivity contribution in [3.8, 4) is 0 Å². The molecule has 2 aromatic carbocycles. The summed E-state index contributed by atoms with van der Waals surface area (Å²) in [5.74, 6) is 0.743. The van der Waals surface area contributed by atoms with E-state index in [4.69, 9.17) is 9.47 Å². The number of rotatable bonds is 8. The van der Waals surface area contributed by atoms with Gasteiger partial charge in [0.05, 0.1) is 18.8 Å². The lowest BCUT2D eigenvalue weighted by Crippen LogP contribution is -2.31. The van der Waals surface area contributed by atoms with Crippen LogP contribution in [0.25, 0.3) is 0 Å². The highest BCUT2D eigenvalue weighted by molar-refractivity contribution is 7.99. The molecule has 1 aliphatic heterocycles. The van der Waals surface area contributed by atoms with Crippen LogP contribution in [0.1, 0.15) is 42.4 Å². The van der Waals surface area contributed by atoms with Gasteiger partial charge in [-0.2, -0.15) is 0 Å². The van der Waals surface area contributed by atoms with Gasteiger partial charge in [0.25, 0.3) is 0 Å². The molecule has 2 amide bonds. The lowest BCUT2D eigenvalue weighted by Gasteiger charge is -2.36. The minimum Gasteiger partial charge on any atom is -0.392 e. The number of aromatic nitrogens is 2. The lowest BCUT2D eigenvalue weighted by atomic mass is 10.0. The summed E-state index contributed by atoms with van der Waals surface area (Å²) in [5, 5.41) is 15.8. The number of amides is 2. The van der Waals surface area contributed by atoms with E-state index in [1.807, 2.05) is 73.3 Å². The number of anilines is 1. The van der Waals surface area contributed by atoms with Crippen molar-refractivity contribution in [3.63, 3.8) is 0 Å². The van der Waals surface area contributed by atoms with Gasteiger partial charge in [-0.1, -0.05) is 48.2 Å². The van der Waals surface area contributed by atoms with Gasteiger partial charge in [0.15, 0.2) is 11.4 Å². The maximum atomic E-state index is 11.8. The van der Waals surface area contributed by atoms with E-state index in [-0.39, 0.29) is 24.8 Å². The van der Waals surface area contributed by atoms with Crippen molar-refractivity contribution in [1.82, 2.24) is 14.9 Å². The van der Waals surface area contributed by atoms with E-state index >= 15 is 0 Å². The zero-order chi connectivity index (χ0) is 23.9. The minimum absolute atomic E-state index is 0.0110. The fourth-order valence-corrected chi connectivity index (χ4v) is 4.69. The van der Waals surface area contributed by atoms with Gasteiger partial charge < -0.3 is 29.8 Å². The number of imidazole rings is 1. The van der Waals surface area contributed by atoms with Crippen molar-refractivity contribution in [1.29, 1.82) is 0 Å². The Bertz CT molecular complexity index is 1070. The Morgan fingerprint density at radius 2 is 1.88 bits per heavy atom. The smallest absolute Gasteiger partial charge is 0.319 e. The van der Waals surface area contributed by atoms with Crippen LogP contribution in [-0.4, -0.2) is 39.1 Å². The quantitative estimate of drug-likeness (QED) is 0.412. The third-order valence-corrected chi connectivity index (χ3v) is 6.76. The summed E-state index contributed by atoms with van der Waals surface area (Å²) < 4.78 is 14.7. The first-order valence-corrected chi connectivity index (χ1v) is 12.3. The molecule has 34 heavy (non-hydrogen) atoms. The Hall–Kier alpha value is -2.85. The third kappa shape index (κ3) is 6.18. The maximum Gasteiger partial charge on any atom is 0.319 e. The average Bonchev–Trinajstić information content (AvgIpc) is 3.28. The van der Waals surface area contributed by atoms with Gasteiger partial charge >= 0.3 is 6.03 Å². The number of nitrogens with zero attached hydrogens (tertiary/aromatic N) is 2. The molecule has 2 heterocycles.